The topological polar surface area (TPSA) is 67.4 Å². The van der Waals surface area contributed by atoms with Crippen LogP contribution in [0, 0.1) is 0 Å². The fourth-order valence-corrected chi connectivity index (χ4v) is 1.50. The fourth-order valence-electron chi connectivity index (χ4n) is 1.24. The van der Waals surface area contributed by atoms with Crippen LogP contribution in [-0.4, -0.2) is 24.0 Å². The molecule has 0 aliphatic heterocycles. The lowest BCUT2D eigenvalue weighted by Crippen LogP contribution is -2.43. The monoisotopic (exact) mass is 328 g/mol. The van der Waals surface area contributed by atoms with Crippen molar-refractivity contribution >= 4 is 27.8 Å². The van der Waals surface area contributed by atoms with Crippen molar-refractivity contribution in [3.8, 4) is 0 Å². The molecule has 1 aromatic rings. The molecule has 1 aromatic carbocycles. The van der Waals surface area contributed by atoms with Gasteiger partial charge in [-0.05, 0) is 32.9 Å². The van der Waals surface area contributed by atoms with Crippen LogP contribution in [0.3, 0.4) is 0 Å². The maximum Gasteiger partial charge on any atom is 0.422 e. The van der Waals surface area contributed by atoms with Gasteiger partial charge in [-0.1, -0.05) is 28.1 Å². The molecule has 2 N–H and O–H groups in total. The van der Waals surface area contributed by atoms with E-state index in [4.69, 9.17) is 4.74 Å². The van der Waals surface area contributed by atoms with E-state index in [0.717, 1.165) is 4.47 Å². The van der Waals surface area contributed by atoms with Crippen LogP contribution in [0.1, 0.15) is 31.1 Å². The van der Waals surface area contributed by atoms with Crippen molar-refractivity contribution in [1.29, 1.82) is 0 Å². The van der Waals surface area contributed by atoms with E-state index in [0.29, 0.717) is 5.56 Å². The number of carbonyl (C=O) groups excluding carboxylic acids is 2. The highest BCUT2D eigenvalue weighted by Crippen LogP contribution is 2.10. The number of rotatable bonds is 4. The molecule has 0 aliphatic carbocycles. The minimum absolute atomic E-state index is 0.000868. The Morgan fingerprint density at radius 3 is 2.32 bits per heavy atom. The third kappa shape index (κ3) is 6.35. The summed E-state index contributed by atoms with van der Waals surface area (Å²) in [6.07, 6.45) is -0.615. The van der Waals surface area contributed by atoms with Gasteiger partial charge in [0, 0.05) is 10.0 Å². The second kappa shape index (κ2) is 6.68. The summed E-state index contributed by atoms with van der Waals surface area (Å²) in [7, 11) is 0. The molecule has 0 bridgehead atoms. The van der Waals surface area contributed by atoms with Gasteiger partial charge in [-0.15, -0.1) is 0 Å². The van der Waals surface area contributed by atoms with Crippen LogP contribution in [0.5, 0.6) is 0 Å². The molecule has 6 heteroatoms. The van der Waals surface area contributed by atoms with Crippen molar-refractivity contribution < 1.29 is 14.3 Å². The van der Waals surface area contributed by atoms with Crippen molar-refractivity contribution in [1.82, 2.24) is 10.9 Å². The second-order valence-corrected chi connectivity index (χ2v) is 5.83. The first-order valence-electron chi connectivity index (χ1n) is 5.78. The van der Waals surface area contributed by atoms with Gasteiger partial charge >= 0.3 is 6.09 Å². The number of carbonyl (C=O) groups is 2. The Balaban J connectivity index is 2.35. The molecular weight excluding hydrogens is 312 g/mol. The number of hydrogen-bond donors (Lipinski definition) is 2. The molecule has 0 radical (unpaired) electrons. The van der Waals surface area contributed by atoms with Crippen molar-refractivity contribution in [2.45, 2.75) is 26.4 Å². The molecule has 104 valence electrons. The van der Waals surface area contributed by atoms with Crippen molar-refractivity contribution in [2.24, 2.45) is 0 Å². The van der Waals surface area contributed by atoms with Crippen LogP contribution in [0.4, 0.5) is 4.79 Å². The van der Waals surface area contributed by atoms with E-state index in [1.165, 1.54) is 0 Å². The summed E-state index contributed by atoms with van der Waals surface area (Å²) in [4.78, 5) is 23.1. The number of nitrogens with one attached hydrogen (secondary N) is 2. The largest absolute Gasteiger partial charge is 0.443 e. The Morgan fingerprint density at radius 2 is 1.79 bits per heavy atom. The van der Waals surface area contributed by atoms with E-state index in [9.17, 15) is 9.59 Å². The molecule has 0 aromatic heterocycles. The van der Waals surface area contributed by atoms with Crippen LogP contribution in [0.25, 0.3) is 0 Å². The number of hydrogen-bond acceptors (Lipinski definition) is 4. The zero-order valence-electron chi connectivity index (χ0n) is 11.1. The van der Waals surface area contributed by atoms with E-state index >= 15 is 0 Å². The first-order chi connectivity index (χ1) is 8.78. The van der Waals surface area contributed by atoms with Gasteiger partial charge in [0.25, 0.3) is 0 Å². The predicted molar refractivity (Wildman–Crippen MR) is 75.8 cm³/mol. The maximum absolute atomic E-state index is 11.8. The van der Waals surface area contributed by atoms with Crippen molar-refractivity contribution in [2.75, 3.05) is 6.54 Å². The highest BCUT2D eigenvalue weighted by atomic mass is 79.9. The Hall–Kier alpha value is -1.40. The van der Waals surface area contributed by atoms with Crippen molar-refractivity contribution in [3.63, 3.8) is 0 Å². The number of benzene rings is 1. The minimum Gasteiger partial charge on any atom is -0.443 e. The van der Waals surface area contributed by atoms with E-state index < -0.39 is 11.7 Å². The average molecular weight is 329 g/mol. The molecule has 1 rings (SSSR count). The van der Waals surface area contributed by atoms with Crippen LogP contribution in [0.2, 0.25) is 0 Å². The SMILES string of the molecule is CC(C)(C)OC(=O)NNCC(=O)c1ccc(Br)cc1. The summed E-state index contributed by atoms with van der Waals surface area (Å²) in [5, 5.41) is 0. The van der Waals surface area contributed by atoms with E-state index in [1.807, 2.05) is 0 Å². The quantitative estimate of drug-likeness (QED) is 0.658. The van der Waals surface area contributed by atoms with Crippen LogP contribution in [-0.2, 0) is 4.74 Å². The molecule has 0 fully saturated rings. The summed E-state index contributed by atoms with van der Waals surface area (Å²) in [5.74, 6) is -0.122. The van der Waals surface area contributed by atoms with Gasteiger partial charge in [-0.2, -0.15) is 0 Å². The third-order valence-electron chi connectivity index (χ3n) is 2.00. The number of amides is 1. The van der Waals surface area contributed by atoms with Crippen LogP contribution >= 0.6 is 15.9 Å². The number of halogens is 1. The highest BCUT2D eigenvalue weighted by Gasteiger charge is 2.15. The van der Waals surface area contributed by atoms with E-state index in [2.05, 4.69) is 26.8 Å². The first-order valence-corrected chi connectivity index (χ1v) is 6.58. The number of hydrazine groups is 1. The van der Waals surface area contributed by atoms with Gasteiger partial charge in [0.2, 0.25) is 0 Å². The summed E-state index contributed by atoms with van der Waals surface area (Å²) < 4.78 is 5.92. The lowest BCUT2D eigenvalue weighted by molar-refractivity contribution is 0.0499. The third-order valence-corrected chi connectivity index (χ3v) is 2.53. The lowest BCUT2D eigenvalue weighted by atomic mass is 10.1. The van der Waals surface area contributed by atoms with Crippen LogP contribution in [0.15, 0.2) is 28.7 Å². The Morgan fingerprint density at radius 1 is 1.21 bits per heavy atom. The van der Waals surface area contributed by atoms with Gasteiger partial charge in [-0.3, -0.25) is 10.2 Å². The Labute approximate surface area is 120 Å². The molecule has 0 heterocycles. The molecule has 19 heavy (non-hydrogen) atoms. The zero-order chi connectivity index (χ0) is 14.5. The standard InChI is InChI=1S/C13H17BrN2O3/c1-13(2,3)19-12(18)16-15-8-11(17)9-4-6-10(14)7-5-9/h4-7,15H,8H2,1-3H3,(H,16,18). The zero-order valence-corrected chi connectivity index (χ0v) is 12.7. The smallest absolute Gasteiger partial charge is 0.422 e. The molecule has 0 saturated heterocycles. The summed E-state index contributed by atoms with van der Waals surface area (Å²) in [6, 6.07) is 6.99. The van der Waals surface area contributed by atoms with E-state index in [-0.39, 0.29) is 12.3 Å². The molecule has 0 spiro atoms. The van der Waals surface area contributed by atoms with Crippen molar-refractivity contribution in [3.05, 3.63) is 34.3 Å². The first kappa shape index (κ1) is 15.7. The molecule has 0 saturated carbocycles. The molecule has 0 aliphatic rings. The summed E-state index contributed by atoms with van der Waals surface area (Å²) in [6.45, 7) is 5.29. The average Bonchev–Trinajstić information content (AvgIpc) is 2.27. The lowest BCUT2D eigenvalue weighted by Gasteiger charge is -2.19. The molecular formula is C13H17BrN2O3. The molecule has 0 unspecified atom stereocenters. The predicted octanol–water partition coefficient (Wildman–Crippen LogP) is 2.66. The molecule has 5 nitrogen and oxygen atoms in total. The number of ketones is 1. The number of Topliss-reactive ketones (excluding diaryl/α,β-unsaturated/α-hetero) is 1. The normalized spacial score (nSPS) is 10.9. The minimum atomic E-state index is -0.615. The summed E-state index contributed by atoms with van der Waals surface area (Å²) in [5.41, 5.74) is 4.85. The Kier molecular flexibility index (Phi) is 5.50. The maximum atomic E-state index is 11.8. The number of ether oxygens (including phenoxy) is 1. The Bertz CT molecular complexity index is 452. The van der Waals surface area contributed by atoms with Gasteiger partial charge in [0.1, 0.15) is 5.60 Å². The summed E-state index contributed by atoms with van der Waals surface area (Å²) >= 11 is 3.29. The van der Waals surface area contributed by atoms with Gasteiger partial charge < -0.3 is 4.74 Å². The van der Waals surface area contributed by atoms with Gasteiger partial charge in [0.15, 0.2) is 5.78 Å². The van der Waals surface area contributed by atoms with E-state index in [1.54, 1.807) is 45.0 Å². The molecule has 1 amide bonds. The van der Waals surface area contributed by atoms with Crippen LogP contribution < -0.4 is 10.9 Å². The fraction of sp³-hybridized carbons (Fsp3) is 0.385. The second-order valence-electron chi connectivity index (χ2n) is 4.91. The van der Waals surface area contributed by atoms with Gasteiger partial charge in [0.05, 0.1) is 6.54 Å². The highest BCUT2D eigenvalue weighted by molar-refractivity contribution is 9.10. The molecule has 0 atom stereocenters. The van der Waals surface area contributed by atoms with Gasteiger partial charge in [-0.25, -0.2) is 10.2 Å².